The van der Waals surface area contributed by atoms with Crippen LogP contribution in [-0.4, -0.2) is 65.0 Å². The zero-order chi connectivity index (χ0) is 31.2. The van der Waals surface area contributed by atoms with Crippen molar-refractivity contribution in [1.82, 2.24) is 29.9 Å². The lowest BCUT2D eigenvalue weighted by Gasteiger charge is -2.06. The second-order valence-electron chi connectivity index (χ2n) is 11.1. The second kappa shape index (κ2) is 16.3. The van der Waals surface area contributed by atoms with Gasteiger partial charge in [0.05, 0.1) is 36.0 Å². The Hall–Kier alpha value is -2.13. The summed E-state index contributed by atoms with van der Waals surface area (Å²) < 4.78 is 0. The topological polar surface area (TPSA) is 138 Å². The third-order valence-electron chi connectivity index (χ3n) is 8.71. The molecule has 0 aliphatic heterocycles. The van der Waals surface area contributed by atoms with Crippen LogP contribution in [0.4, 0.5) is 0 Å². The molecule has 6 aromatic rings. The maximum atomic E-state index is 9.30. The summed E-state index contributed by atoms with van der Waals surface area (Å²) in [6, 6.07) is 0. The van der Waals surface area contributed by atoms with E-state index in [1.165, 1.54) is 50.3 Å². The number of halogens is 3. The standard InChI is InChI=1S/3C10H9ClN2OS.3CH4/c3*11-9-8-7-5(3-14)1-2-6(7)15-10(8)13-4-12-9;;;/h3*4-5,14H,1-3H2;3*1H4/t2*5-;;;;/m10..../s1. The minimum absolute atomic E-state index is 0. The average Bonchev–Trinajstić information content (AvgIpc) is 3.86. The molecule has 0 saturated heterocycles. The molecule has 0 aromatic carbocycles. The van der Waals surface area contributed by atoms with Crippen LogP contribution < -0.4 is 0 Å². The molecule has 6 aromatic heterocycles. The molecule has 1 unspecified atom stereocenters. The quantitative estimate of drug-likeness (QED) is 0.151. The van der Waals surface area contributed by atoms with E-state index >= 15 is 0 Å². The Kier molecular flexibility index (Phi) is 13.1. The van der Waals surface area contributed by atoms with Gasteiger partial charge >= 0.3 is 0 Å². The number of aliphatic hydroxyl groups excluding tert-OH is 3. The fourth-order valence-electron chi connectivity index (χ4n) is 6.64. The SMILES string of the molecule is C.C.C.OCC1CCc2sc3ncnc(Cl)c3c21.OC[C@@H]1CCc2sc3ncnc(Cl)c3c21.OC[C@H]1CCc2sc3ncnc(Cl)c3c21. The van der Waals surface area contributed by atoms with Gasteiger partial charge in [-0.3, -0.25) is 0 Å². The van der Waals surface area contributed by atoms with Gasteiger partial charge < -0.3 is 15.3 Å². The van der Waals surface area contributed by atoms with Crippen LogP contribution in [0.1, 0.15) is 90.6 Å². The highest BCUT2D eigenvalue weighted by molar-refractivity contribution is 7.19. The van der Waals surface area contributed by atoms with E-state index in [4.69, 9.17) is 34.8 Å². The van der Waals surface area contributed by atoms with E-state index in [1.807, 2.05) is 0 Å². The highest BCUT2D eigenvalue weighted by atomic mass is 35.5. The third-order valence-corrected chi connectivity index (χ3v) is 13.1. The number of aryl methyl sites for hydroxylation is 3. The monoisotopic (exact) mass is 768 g/mol. The van der Waals surface area contributed by atoms with Crippen molar-refractivity contribution in [3.8, 4) is 0 Å². The van der Waals surface area contributed by atoms with Gasteiger partial charge in [-0.25, -0.2) is 29.9 Å². The summed E-state index contributed by atoms with van der Waals surface area (Å²) in [6.45, 7) is 0.554. The number of thiophene rings is 3. The molecule has 0 saturated carbocycles. The molecule has 6 heterocycles. The Morgan fingerprint density at radius 3 is 1.02 bits per heavy atom. The van der Waals surface area contributed by atoms with E-state index in [0.717, 1.165) is 69.2 Å². The highest BCUT2D eigenvalue weighted by Gasteiger charge is 2.30. The Morgan fingerprint density at radius 2 is 0.771 bits per heavy atom. The molecule has 0 amide bonds. The summed E-state index contributed by atoms with van der Waals surface area (Å²) in [5.74, 6) is 0.659. The van der Waals surface area contributed by atoms with Crippen molar-refractivity contribution in [1.29, 1.82) is 0 Å². The minimum Gasteiger partial charge on any atom is -0.396 e. The summed E-state index contributed by atoms with van der Waals surface area (Å²) in [5.41, 5.74) is 3.55. The summed E-state index contributed by atoms with van der Waals surface area (Å²) in [6.07, 6.45) is 10.6. The van der Waals surface area contributed by atoms with Gasteiger partial charge in [0, 0.05) is 32.4 Å². The molecule has 0 spiro atoms. The van der Waals surface area contributed by atoms with Gasteiger partial charge in [-0.1, -0.05) is 57.1 Å². The highest BCUT2D eigenvalue weighted by Crippen LogP contribution is 2.46. The van der Waals surface area contributed by atoms with Gasteiger partial charge in [0.15, 0.2) is 0 Å². The Morgan fingerprint density at radius 1 is 0.500 bits per heavy atom. The molecule has 3 aliphatic rings. The van der Waals surface area contributed by atoms with Crippen molar-refractivity contribution in [2.24, 2.45) is 0 Å². The van der Waals surface area contributed by atoms with Crippen LogP contribution in [0.15, 0.2) is 19.0 Å². The Bertz CT molecular complexity index is 1810. The molecule has 9 rings (SSSR count). The Balaban J connectivity index is 0.000000158. The lowest BCUT2D eigenvalue weighted by atomic mass is 10.0. The fraction of sp³-hybridized carbons (Fsp3) is 0.455. The van der Waals surface area contributed by atoms with Crippen molar-refractivity contribution in [2.45, 2.75) is 78.6 Å². The molecular weight excluding hydrogens is 731 g/mol. The first-order valence-electron chi connectivity index (χ1n) is 14.5. The smallest absolute Gasteiger partial charge is 0.141 e. The molecule has 3 N–H and O–H groups in total. The van der Waals surface area contributed by atoms with Crippen molar-refractivity contribution in [3.05, 3.63) is 65.8 Å². The molecule has 9 nitrogen and oxygen atoms in total. The van der Waals surface area contributed by atoms with E-state index in [2.05, 4.69) is 29.9 Å². The largest absolute Gasteiger partial charge is 0.396 e. The van der Waals surface area contributed by atoms with Crippen LogP contribution in [0.2, 0.25) is 15.5 Å². The molecule has 48 heavy (non-hydrogen) atoms. The number of aliphatic hydroxyl groups is 3. The van der Waals surface area contributed by atoms with Crippen molar-refractivity contribution >= 4 is 99.5 Å². The van der Waals surface area contributed by atoms with Crippen molar-refractivity contribution in [3.63, 3.8) is 0 Å². The molecule has 258 valence electrons. The van der Waals surface area contributed by atoms with E-state index in [1.54, 1.807) is 34.0 Å². The predicted molar refractivity (Wildman–Crippen MR) is 202 cm³/mol. The molecule has 3 atom stereocenters. The van der Waals surface area contributed by atoms with Crippen LogP contribution in [0.3, 0.4) is 0 Å². The number of hydrogen-bond donors (Lipinski definition) is 3. The summed E-state index contributed by atoms with van der Waals surface area (Å²) >= 11 is 23.3. The number of aromatic nitrogens is 6. The molecule has 0 radical (unpaired) electrons. The minimum atomic E-state index is 0. The van der Waals surface area contributed by atoms with Gasteiger partial charge in [0.1, 0.15) is 48.9 Å². The van der Waals surface area contributed by atoms with Gasteiger partial charge in [0.25, 0.3) is 0 Å². The van der Waals surface area contributed by atoms with Crippen LogP contribution in [0, 0.1) is 0 Å². The Labute approximate surface area is 307 Å². The van der Waals surface area contributed by atoms with Crippen LogP contribution in [-0.2, 0) is 19.3 Å². The summed E-state index contributed by atoms with van der Waals surface area (Å²) in [7, 11) is 0. The number of nitrogens with zero attached hydrogens (tertiary/aromatic N) is 6. The van der Waals surface area contributed by atoms with E-state index in [-0.39, 0.29) is 59.9 Å². The normalized spacial score (nSPS) is 18.5. The molecule has 0 bridgehead atoms. The first-order chi connectivity index (χ1) is 21.9. The lowest BCUT2D eigenvalue weighted by molar-refractivity contribution is 0.265. The molecular formula is C33H39Cl3N6O3S3. The van der Waals surface area contributed by atoms with Crippen molar-refractivity contribution < 1.29 is 15.3 Å². The zero-order valence-electron chi connectivity index (χ0n) is 23.7. The fourth-order valence-corrected chi connectivity index (χ4v) is 11.2. The average molecular weight is 770 g/mol. The van der Waals surface area contributed by atoms with Gasteiger partial charge in [-0.2, -0.15) is 0 Å². The second-order valence-corrected chi connectivity index (χ2v) is 15.4. The number of rotatable bonds is 3. The molecule has 0 fully saturated rings. The van der Waals surface area contributed by atoms with E-state index in [0.29, 0.717) is 15.5 Å². The molecule has 3 aliphatic carbocycles. The number of hydrogen-bond acceptors (Lipinski definition) is 12. The summed E-state index contributed by atoms with van der Waals surface area (Å²) in [5, 5.41) is 32.3. The van der Waals surface area contributed by atoms with Crippen molar-refractivity contribution in [2.75, 3.05) is 19.8 Å². The summed E-state index contributed by atoms with van der Waals surface area (Å²) in [4.78, 5) is 31.4. The van der Waals surface area contributed by atoms with Crippen LogP contribution >= 0.6 is 68.8 Å². The first kappa shape index (κ1) is 38.7. The first-order valence-corrected chi connectivity index (χ1v) is 18.1. The zero-order valence-corrected chi connectivity index (χ0v) is 28.4. The number of fused-ring (bicyclic) bond motifs is 9. The van der Waals surface area contributed by atoms with Gasteiger partial charge in [0.2, 0.25) is 0 Å². The maximum Gasteiger partial charge on any atom is 0.141 e. The third kappa shape index (κ3) is 6.80. The maximum absolute atomic E-state index is 9.30. The van der Waals surface area contributed by atoms with E-state index < -0.39 is 0 Å². The van der Waals surface area contributed by atoms with Gasteiger partial charge in [-0.05, 0) is 55.2 Å². The lowest BCUT2D eigenvalue weighted by Crippen LogP contribution is -1.99. The molecule has 15 heteroatoms. The van der Waals surface area contributed by atoms with Crippen LogP contribution in [0.5, 0.6) is 0 Å². The van der Waals surface area contributed by atoms with Gasteiger partial charge in [-0.15, -0.1) is 34.0 Å². The van der Waals surface area contributed by atoms with E-state index in [9.17, 15) is 15.3 Å². The predicted octanol–water partition coefficient (Wildman–Crippen LogP) is 9.01. The van der Waals surface area contributed by atoms with Crippen LogP contribution in [0.25, 0.3) is 30.6 Å².